The van der Waals surface area contributed by atoms with Crippen LogP contribution in [0.4, 0.5) is 0 Å². The molecule has 2 fully saturated rings. The number of hydrogen-bond donors (Lipinski definition) is 0. The Morgan fingerprint density at radius 2 is 0.815 bits per heavy atom. The minimum absolute atomic E-state index is 1.09. The van der Waals surface area contributed by atoms with Crippen molar-refractivity contribution < 1.29 is 0 Å². The largest absolute Gasteiger partial charge is 0.345 e. The minimum Gasteiger partial charge on any atom is -0.345 e. The third-order valence-corrected chi connectivity index (χ3v) is 59.7. The smallest absolute Gasteiger partial charge is 0.250 e. The molecule has 0 radical (unpaired) electrons. The van der Waals surface area contributed by atoms with Crippen LogP contribution in [0.3, 0.4) is 0 Å². The van der Waals surface area contributed by atoms with Gasteiger partial charge >= 0.3 is 0 Å². The number of hydrogen-bond acceptors (Lipinski definition) is 3. The van der Waals surface area contributed by atoms with Crippen molar-refractivity contribution in [3.05, 3.63) is 0 Å². The van der Waals surface area contributed by atoms with Gasteiger partial charge in [0.1, 0.15) is 32.9 Å². The molecule has 2 aliphatic heterocycles. The first-order valence-corrected chi connectivity index (χ1v) is 32.6. The molecule has 0 amide bonds. The second-order valence-corrected chi connectivity index (χ2v) is 51.1. The standard InChI is InChI=1S/C17H49N3Si7/c1-21(2,3)17-25(13,14)18(22(4,5)6)27(17)19(23(7,8)9)26(15,16)20(27)24(10,11)12/h17H,1-16H3. The topological polar surface area (TPSA) is 9.72 Å². The van der Waals surface area contributed by atoms with Crippen molar-refractivity contribution in [2.24, 2.45) is 0 Å². The van der Waals surface area contributed by atoms with Gasteiger partial charge in [-0.1, -0.05) is 91.7 Å². The summed E-state index contributed by atoms with van der Waals surface area (Å²) in [5.74, 6) is 0. The highest BCUT2D eigenvalue weighted by Crippen LogP contribution is 2.66. The highest BCUT2D eigenvalue weighted by atomic mass is 28.6. The van der Waals surface area contributed by atoms with Gasteiger partial charge in [-0.05, 0) is 17.9 Å². The molecule has 0 N–H and O–H groups in total. The average Bonchev–Trinajstić information content (AvgIpc) is 2.14. The third-order valence-electron chi connectivity index (χ3n) is 6.63. The molecule has 27 heavy (non-hydrogen) atoms. The molecule has 2 heterocycles. The molecular formula is C17H49N3Si7. The summed E-state index contributed by atoms with van der Waals surface area (Å²) in [6.45, 7) is 43.0. The van der Waals surface area contributed by atoms with E-state index >= 15 is 0 Å². The maximum atomic E-state index is 3.38. The first kappa shape index (κ1) is 24.7. The summed E-state index contributed by atoms with van der Waals surface area (Å²) in [6, 6.07) is 0. The van der Waals surface area contributed by atoms with Crippen LogP contribution in [0.1, 0.15) is 0 Å². The molecule has 2 aliphatic rings. The second-order valence-electron chi connectivity index (χ2n) is 14.2. The summed E-state index contributed by atoms with van der Waals surface area (Å²) in [5.41, 5.74) is 0. The predicted molar refractivity (Wildman–Crippen MR) is 143 cm³/mol. The number of rotatable bonds is 4. The zero-order valence-electron chi connectivity index (χ0n) is 21.4. The van der Waals surface area contributed by atoms with E-state index in [1.807, 2.05) is 0 Å². The van der Waals surface area contributed by atoms with E-state index in [0.29, 0.717) is 0 Å². The molecule has 1 unspecified atom stereocenters. The Morgan fingerprint density at radius 1 is 0.519 bits per heavy atom. The van der Waals surface area contributed by atoms with E-state index < -0.39 is 58.0 Å². The summed E-state index contributed by atoms with van der Waals surface area (Å²) < 4.78 is 10.1. The molecule has 2 saturated heterocycles. The lowest BCUT2D eigenvalue weighted by molar-refractivity contribution is 0.492. The van der Waals surface area contributed by atoms with Gasteiger partial charge in [-0.25, -0.2) is 0 Å². The van der Waals surface area contributed by atoms with Gasteiger partial charge in [0.25, 0.3) is 0 Å². The molecule has 1 atom stereocenters. The van der Waals surface area contributed by atoms with Crippen LogP contribution in [0, 0.1) is 0 Å². The van der Waals surface area contributed by atoms with Crippen LogP contribution in [0.25, 0.3) is 0 Å². The van der Waals surface area contributed by atoms with Crippen molar-refractivity contribution in [3.8, 4) is 0 Å². The SMILES string of the molecule is C[Si](C)(C)C1[Si](C)(C)N([Si](C)(C)C)[Si]12N([Si](C)(C)C)[Si](C)(C)N2[Si](C)(C)C. The van der Waals surface area contributed by atoms with Gasteiger partial charge in [0, 0.05) is 8.07 Å². The van der Waals surface area contributed by atoms with Gasteiger partial charge in [0.05, 0.1) is 0 Å². The molecule has 2 rings (SSSR count). The minimum atomic E-state index is -1.75. The fraction of sp³-hybridized carbons (Fsp3) is 1.00. The fourth-order valence-electron chi connectivity index (χ4n) is 8.14. The summed E-state index contributed by atoms with van der Waals surface area (Å²) >= 11 is 0. The van der Waals surface area contributed by atoms with E-state index in [-0.39, 0.29) is 0 Å². The molecule has 0 saturated carbocycles. The van der Waals surface area contributed by atoms with Crippen LogP contribution in [0.5, 0.6) is 0 Å². The monoisotopic (exact) mass is 491 g/mol. The van der Waals surface area contributed by atoms with Crippen molar-refractivity contribution in [3.63, 3.8) is 0 Å². The molecule has 3 nitrogen and oxygen atoms in total. The molecule has 0 bridgehead atoms. The lowest BCUT2D eigenvalue weighted by atomic mass is 11.7. The van der Waals surface area contributed by atoms with Crippen LogP contribution in [-0.2, 0) is 0 Å². The van der Waals surface area contributed by atoms with Crippen molar-refractivity contribution in [1.29, 1.82) is 0 Å². The molecule has 1 spiro atoms. The molecule has 0 aromatic rings. The quantitative estimate of drug-likeness (QED) is 0.443. The van der Waals surface area contributed by atoms with E-state index in [9.17, 15) is 0 Å². The Balaban J connectivity index is 2.89. The maximum absolute atomic E-state index is 3.38. The normalized spacial score (nSPS) is 29.6. The van der Waals surface area contributed by atoms with Crippen LogP contribution < -0.4 is 0 Å². The Bertz CT molecular complexity index is 502. The fourth-order valence-corrected chi connectivity index (χ4v) is 87.7. The Hall–Kier alpha value is 1.40. The summed E-state index contributed by atoms with van der Waals surface area (Å²) in [7, 11) is -10.0. The molecule has 0 aromatic heterocycles. The van der Waals surface area contributed by atoms with Gasteiger partial charge in [0.15, 0.2) is 8.40 Å². The molecule has 0 aromatic carbocycles. The zero-order valence-corrected chi connectivity index (χ0v) is 28.4. The van der Waals surface area contributed by atoms with Crippen molar-refractivity contribution in [2.75, 3.05) is 0 Å². The van der Waals surface area contributed by atoms with Crippen molar-refractivity contribution in [2.45, 2.75) is 110 Å². The van der Waals surface area contributed by atoms with Gasteiger partial charge in [-0.3, -0.25) is 0 Å². The average molecular weight is 492 g/mol. The van der Waals surface area contributed by atoms with E-state index in [1.54, 1.807) is 0 Å². The zero-order chi connectivity index (χ0) is 21.8. The summed E-state index contributed by atoms with van der Waals surface area (Å²) in [5, 5.41) is 0. The third kappa shape index (κ3) is 3.28. The van der Waals surface area contributed by atoms with Crippen LogP contribution >= 0.6 is 0 Å². The number of nitrogens with zero attached hydrogens (tertiary/aromatic N) is 3. The molecule has 160 valence electrons. The highest BCUT2D eigenvalue weighted by Gasteiger charge is 2.87. The van der Waals surface area contributed by atoms with Gasteiger partial charge in [0.2, 0.25) is 8.56 Å². The van der Waals surface area contributed by atoms with Crippen molar-refractivity contribution >= 4 is 58.0 Å². The Labute approximate surface area is 178 Å². The summed E-state index contributed by atoms with van der Waals surface area (Å²) in [4.78, 5) is 1.09. The highest BCUT2D eigenvalue weighted by molar-refractivity contribution is 7.37. The van der Waals surface area contributed by atoms with E-state index in [0.717, 1.165) is 4.79 Å². The van der Waals surface area contributed by atoms with Crippen LogP contribution in [-0.4, -0.2) is 69.7 Å². The van der Waals surface area contributed by atoms with E-state index in [2.05, 4.69) is 116 Å². The van der Waals surface area contributed by atoms with E-state index in [4.69, 9.17) is 0 Å². The van der Waals surface area contributed by atoms with E-state index in [1.165, 1.54) is 0 Å². The van der Waals surface area contributed by atoms with Gasteiger partial charge in [-0.2, -0.15) is 0 Å². The maximum Gasteiger partial charge on any atom is 0.250 e. The lowest BCUT2D eigenvalue weighted by Gasteiger charge is -2.90. The first-order valence-electron chi connectivity index (χ1n) is 10.9. The van der Waals surface area contributed by atoms with Crippen LogP contribution in [0.15, 0.2) is 0 Å². The molecule has 10 heteroatoms. The molecular weight excluding hydrogens is 443 g/mol. The lowest BCUT2D eigenvalue weighted by Crippen LogP contribution is -3.13. The van der Waals surface area contributed by atoms with Gasteiger partial charge in [-0.15, -0.1) is 0 Å². The Morgan fingerprint density at radius 3 is 1.04 bits per heavy atom. The van der Waals surface area contributed by atoms with Crippen molar-refractivity contribution in [1.82, 2.24) is 11.7 Å². The second kappa shape index (κ2) is 6.22. The summed E-state index contributed by atoms with van der Waals surface area (Å²) in [6.07, 6.45) is 0. The first-order chi connectivity index (χ1) is 11.5. The molecule has 0 aliphatic carbocycles. The van der Waals surface area contributed by atoms with Crippen LogP contribution in [0.2, 0.25) is 110 Å². The van der Waals surface area contributed by atoms with Gasteiger partial charge < -0.3 is 11.7 Å². The predicted octanol–water partition coefficient (Wildman–Crippen LogP) is 6.06. The Kier molecular flexibility index (Phi) is 5.68.